The number of amides is 1. The van der Waals surface area contributed by atoms with E-state index in [4.69, 9.17) is 9.15 Å². The molecule has 1 N–H and O–H groups in total. The first-order valence-corrected chi connectivity index (χ1v) is 10.1. The van der Waals surface area contributed by atoms with Gasteiger partial charge < -0.3 is 14.5 Å². The van der Waals surface area contributed by atoms with Gasteiger partial charge in [-0.2, -0.15) is 5.10 Å². The maximum atomic E-state index is 12.5. The predicted octanol–water partition coefficient (Wildman–Crippen LogP) is 5.28. The van der Waals surface area contributed by atoms with Crippen LogP contribution < -0.4 is 10.1 Å². The number of anilines is 1. The lowest BCUT2D eigenvalue weighted by atomic mass is 10.1. The largest absolute Gasteiger partial charge is 0.486 e. The van der Waals surface area contributed by atoms with Crippen molar-refractivity contribution in [2.24, 2.45) is 0 Å². The lowest BCUT2D eigenvalue weighted by Crippen LogP contribution is -2.10. The molecule has 2 aromatic carbocycles. The van der Waals surface area contributed by atoms with E-state index in [-0.39, 0.29) is 18.3 Å². The van der Waals surface area contributed by atoms with E-state index in [0.717, 1.165) is 5.75 Å². The molecule has 0 aliphatic carbocycles. The number of nitrogens with zero attached hydrogens (tertiary/aromatic N) is 2. The topological polar surface area (TPSA) is 69.3 Å². The lowest BCUT2D eigenvalue weighted by Gasteiger charge is -2.07. The summed E-state index contributed by atoms with van der Waals surface area (Å²) in [5.41, 5.74) is 5.38. The van der Waals surface area contributed by atoms with Crippen LogP contribution in [0.25, 0.3) is 0 Å². The van der Waals surface area contributed by atoms with Crippen molar-refractivity contribution < 1.29 is 13.9 Å². The van der Waals surface area contributed by atoms with Gasteiger partial charge in [0.05, 0.1) is 18.4 Å². The zero-order valence-electron chi connectivity index (χ0n) is 17.9. The van der Waals surface area contributed by atoms with Gasteiger partial charge in [-0.1, -0.05) is 30.3 Å². The van der Waals surface area contributed by atoms with Gasteiger partial charge in [0.25, 0.3) is 5.91 Å². The molecule has 6 nitrogen and oxygen atoms in total. The van der Waals surface area contributed by atoms with E-state index in [9.17, 15) is 4.79 Å². The van der Waals surface area contributed by atoms with Crippen LogP contribution in [0, 0.1) is 20.8 Å². The quantitative estimate of drug-likeness (QED) is 0.446. The van der Waals surface area contributed by atoms with Crippen molar-refractivity contribution in [2.75, 3.05) is 5.32 Å². The fraction of sp³-hybridized carbons (Fsp3) is 0.200. The first-order chi connectivity index (χ1) is 15.0. The van der Waals surface area contributed by atoms with Crippen LogP contribution in [0.15, 0.2) is 71.4 Å². The molecule has 0 unspecified atom stereocenters. The van der Waals surface area contributed by atoms with E-state index in [1.165, 1.54) is 22.3 Å². The van der Waals surface area contributed by atoms with Gasteiger partial charge in [-0.05, 0) is 67.3 Å². The molecule has 1 amide bonds. The standard InChI is InChI=1S/C25H25N3O3/c1-17-8-9-22(12-19(17)3)30-16-23-10-11-24(31-23)25(29)27-21-13-26-28(15-21)14-20-7-5-4-6-18(20)2/h4-13,15H,14,16H2,1-3H3,(H,27,29). The van der Waals surface area contributed by atoms with Crippen LogP contribution >= 0.6 is 0 Å². The van der Waals surface area contributed by atoms with Gasteiger partial charge in [0.1, 0.15) is 18.1 Å². The molecular weight excluding hydrogens is 390 g/mol. The van der Waals surface area contributed by atoms with Crippen LogP contribution in [0.2, 0.25) is 0 Å². The molecule has 0 bridgehead atoms. The summed E-state index contributed by atoms with van der Waals surface area (Å²) < 4.78 is 13.2. The Kier molecular flexibility index (Phi) is 5.89. The van der Waals surface area contributed by atoms with Crippen molar-refractivity contribution in [3.63, 3.8) is 0 Å². The molecule has 31 heavy (non-hydrogen) atoms. The predicted molar refractivity (Wildman–Crippen MR) is 119 cm³/mol. The van der Waals surface area contributed by atoms with Crippen LogP contribution in [0.1, 0.15) is 38.6 Å². The van der Waals surface area contributed by atoms with Crippen molar-refractivity contribution in [2.45, 2.75) is 33.9 Å². The molecule has 2 heterocycles. The Balaban J connectivity index is 1.34. The second-order valence-corrected chi connectivity index (χ2v) is 7.61. The Bertz CT molecular complexity index is 1210. The number of hydrogen-bond donors (Lipinski definition) is 1. The van der Waals surface area contributed by atoms with Crippen LogP contribution in [0.4, 0.5) is 5.69 Å². The van der Waals surface area contributed by atoms with Gasteiger partial charge in [0.2, 0.25) is 0 Å². The highest BCUT2D eigenvalue weighted by atomic mass is 16.5. The first kappa shape index (κ1) is 20.5. The summed E-state index contributed by atoms with van der Waals surface area (Å²) in [6.07, 6.45) is 3.43. The first-order valence-electron chi connectivity index (χ1n) is 10.1. The zero-order valence-corrected chi connectivity index (χ0v) is 17.9. The normalized spacial score (nSPS) is 10.8. The zero-order chi connectivity index (χ0) is 21.8. The number of aryl methyl sites for hydroxylation is 3. The molecular formula is C25H25N3O3. The summed E-state index contributed by atoms with van der Waals surface area (Å²) in [5, 5.41) is 7.16. The summed E-state index contributed by atoms with van der Waals surface area (Å²) in [4.78, 5) is 12.5. The Morgan fingerprint density at radius 1 is 1.03 bits per heavy atom. The van der Waals surface area contributed by atoms with Crippen molar-refractivity contribution >= 4 is 11.6 Å². The Labute approximate surface area is 181 Å². The van der Waals surface area contributed by atoms with Crippen molar-refractivity contribution in [3.05, 3.63) is 101 Å². The second kappa shape index (κ2) is 8.92. The van der Waals surface area contributed by atoms with Crippen molar-refractivity contribution in [1.29, 1.82) is 0 Å². The highest BCUT2D eigenvalue weighted by molar-refractivity contribution is 6.02. The molecule has 0 aliphatic rings. The number of nitrogens with one attached hydrogen (secondary N) is 1. The number of aromatic nitrogens is 2. The SMILES string of the molecule is Cc1ccc(OCc2ccc(C(=O)Nc3cnn(Cc4ccccc4C)c3)o2)cc1C. The molecule has 0 atom stereocenters. The minimum absolute atomic E-state index is 0.227. The molecule has 0 radical (unpaired) electrons. The summed E-state index contributed by atoms with van der Waals surface area (Å²) >= 11 is 0. The molecule has 0 saturated heterocycles. The monoisotopic (exact) mass is 415 g/mol. The fourth-order valence-electron chi connectivity index (χ4n) is 3.20. The molecule has 158 valence electrons. The summed E-state index contributed by atoms with van der Waals surface area (Å²) in [5.74, 6) is 1.25. The number of carbonyl (C=O) groups excluding carboxylic acids is 1. The third kappa shape index (κ3) is 5.04. The van der Waals surface area contributed by atoms with Gasteiger partial charge in [0.15, 0.2) is 5.76 Å². The van der Waals surface area contributed by atoms with Gasteiger partial charge in [-0.25, -0.2) is 0 Å². The maximum absolute atomic E-state index is 12.5. The minimum Gasteiger partial charge on any atom is -0.486 e. The van der Waals surface area contributed by atoms with Crippen molar-refractivity contribution in [1.82, 2.24) is 9.78 Å². The highest BCUT2D eigenvalue weighted by Gasteiger charge is 2.13. The third-order valence-electron chi connectivity index (χ3n) is 5.23. The number of rotatable bonds is 7. The Hall–Kier alpha value is -3.80. The maximum Gasteiger partial charge on any atom is 0.291 e. The molecule has 0 spiro atoms. The van der Waals surface area contributed by atoms with Gasteiger partial charge in [-0.3, -0.25) is 9.48 Å². The van der Waals surface area contributed by atoms with E-state index >= 15 is 0 Å². The molecule has 2 aromatic heterocycles. The van der Waals surface area contributed by atoms with Gasteiger partial charge >= 0.3 is 0 Å². The van der Waals surface area contributed by atoms with Crippen LogP contribution in [-0.2, 0) is 13.2 Å². The van der Waals surface area contributed by atoms with E-state index in [1.807, 2.05) is 37.3 Å². The molecule has 4 rings (SSSR count). The number of furan rings is 1. The van der Waals surface area contributed by atoms with Crippen LogP contribution in [-0.4, -0.2) is 15.7 Å². The smallest absolute Gasteiger partial charge is 0.291 e. The fourth-order valence-corrected chi connectivity index (χ4v) is 3.20. The van der Waals surface area contributed by atoms with E-state index < -0.39 is 0 Å². The summed E-state index contributed by atoms with van der Waals surface area (Å²) in [7, 11) is 0. The van der Waals surface area contributed by atoms with E-state index in [1.54, 1.807) is 29.2 Å². The van der Waals surface area contributed by atoms with E-state index in [0.29, 0.717) is 18.0 Å². The minimum atomic E-state index is -0.326. The summed E-state index contributed by atoms with van der Waals surface area (Å²) in [6.45, 7) is 7.07. The van der Waals surface area contributed by atoms with Gasteiger partial charge in [-0.15, -0.1) is 0 Å². The number of carbonyl (C=O) groups is 1. The van der Waals surface area contributed by atoms with Crippen molar-refractivity contribution in [3.8, 4) is 5.75 Å². The van der Waals surface area contributed by atoms with E-state index in [2.05, 4.69) is 36.4 Å². The molecule has 0 saturated carbocycles. The van der Waals surface area contributed by atoms with Crippen LogP contribution in [0.5, 0.6) is 5.75 Å². The molecule has 6 heteroatoms. The van der Waals surface area contributed by atoms with Crippen LogP contribution in [0.3, 0.4) is 0 Å². The molecule has 4 aromatic rings. The Morgan fingerprint density at radius 3 is 2.68 bits per heavy atom. The molecule has 0 aliphatic heterocycles. The number of hydrogen-bond acceptors (Lipinski definition) is 4. The molecule has 0 fully saturated rings. The Morgan fingerprint density at radius 2 is 1.87 bits per heavy atom. The highest BCUT2D eigenvalue weighted by Crippen LogP contribution is 2.19. The number of ether oxygens (including phenoxy) is 1. The summed E-state index contributed by atoms with van der Waals surface area (Å²) in [6, 6.07) is 17.5. The lowest BCUT2D eigenvalue weighted by molar-refractivity contribution is 0.0992. The second-order valence-electron chi connectivity index (χ2n) is 7.61. The average molecular weight is 415 g/mol. The third-order valence-corrected chi connectivity index (χ3v) is 5.23. The van der Waals surface area contributed by atoms with Gasteiger partial charge in [0, 0.05) is 6.20 Å². The number of benzene rings is 2. The average Bonchev–Trinajstić information content (AvgIpc) is 3.40.